The second-order valence-corrected chi connectivity index (χ2v) is 10.4. The molecule has 6 heteroatoms. The predicted molar refractivity (Wildman–Crippen MR) is 138 cm³/mol. The minimum atomic E-state index is -0.0509. The highest BCUT2D eigenvalue weighted by Crippen LogP contribution is 2.24. The number of likely N-dealkylation sites (tertiary alicyclic amines) is 2. The Morgan fingerprint density at radius 2 is 1.54 bits per heavy atom. The molecule has 2 aliphatic rings. The normalized spacial score (nSPS) is 21.5. The van der Waals surface area contributed by atoms with Crippen molar-refractivity contribution in [2.75, 3.05) is 32.8 Å². The number of benzene rings is 2. The quantitative estimate of drug-likeness (QED) is 0.622. The Labute approximate surface area is 209 Å². The minimum absolute atomic E-state index is 0.0250. The number of rotatable bonds is 8. The van der Waals surface area contributed by atoms with Gasteiger partial charge in [0.05, 0.1) is 0 Å². The molecular weight excluding hydrogens is 438 g/mol. The van der Waals surface area contributed by atoms with Crippen molar-refractivity contribution in [3.63, 3.8) is 0 Å². The van der Waals surface area contributed by atoms with E-state index >= 15 is 0 Å². The lowest BCUT2D eigenvalue weighted by molar-refractivity contribution is -0.137. The highest BCUT2D eigenvalue weighted by molar-refractivity contribution is 5.80. The lowest BCUT2D eigenvalue weighted by Gasteiger charge is -2.35. The van der Waals surface area contributed by atoms with Crippen molar-refractivity contribution in [3.8, 4) is 5.75 Å². The fraction of sp³-hybridized carbons (Fsp3) is 0.517. The third-order valence-electron chi connectivity index (χ3n) is 7.23. The molecule has 0 aromatic heterocycles. The van der Waals surface area contributed by atoms with E-state index in [1.807, 2.05) is 41.3 Å². The van der Waals surface area contributed by atoms with Crippen molar-refractivity contribution in [2.24, 2.45) is 17.8 Å². The van der Waals surface area contributed by atoms with Crippen LogP contribution in [0.25, 0.3) is 0 Å². The maximum absolute atomic E-state index is 12.9. The second-order valence-electron chi connectivity index (χ2n) is 10.4. The van der Waals surface area contributed by atoms with E-state index in [0.717, 1.165) is 31.5 Å². The molecule has 0 unspecified atom stereocenters. The van der Waals surface area contributed by atoms with Crippen LogP contribution in [-0.2, 0) is 22.7 Å². The van der Waals surface area contributed by atoms with Crippen molar-refractivity contribution in [1.82, 2.24) is 15.1 Å². The van der Waals surface area contributed by atoms with Crippen molar-refractivity contribution in [3.05, 3.63) is 65.7 Å². The average Bonchev–Trinajstić information content (AvgIpc) is 2.86. The first-order chi connectivity index (χ1) is 17.0. The van der Waals surface area contributed by atoms with Gasteiger partial charge in [-0.2, -0.15) is 0 Å². The van der Waals surface area contributed by atoms with Crippen LogP contribution in [0.3, 0.4) is 0 Å². The fourth-order valence-electron chi connectivity index (χ4n) is 5.52. The monoisotopic (exact) mass is 477 g/mol. The summed E-state index contributed by atoms with van der Waals surface area (Å²) in [7, 11) is 0. The maximum atomic E-state index is 12.9. The Morgan fingerprint density at radius 1 is 0.914 bits per heavy atom. The summed E-state index contributed by atoms with van der Waals surface area (Å²) < 4.78 is 5.59. The summed E-state index contributed by atoms with van der Waals surface area (Å²) in [6.07, 6.45) is 2.68. The molecule has 6 nitrogen and oxygen atoms in total. The zero-order chi connectivity index (χ0) is 24.6. The summed E-state index contributed by atoms with van der Waals surface area (Å²) in [5.74, 6) is 2.17. The van der Waals surface area contributed by atoms with E-state index < -0.39 is 0 Å². The number of carbonyl (C=O) groups is 2. The lowest BCUT2D eigenvalue weighted by Crippen LogP contribution is -2.44. The van der Waals surface area contributed by atoms with Crippen LogP contribution < -0.4 is 10.1 Å². The number of amides is 2. The van der Waals surface area contributed by atoms with Crippen LogP contribution in [-0.4, -0.2) is 54.4 Å². The molecule has 2 amide bonds. The van der Waals surface area contributed by atoms with E-state index in [2.05, 4.69) is 42.3 Å². The SMILES string of the molecule is C[C@@H]1C[C@@H](C)CN(Cc2ccccc2CNC(=O)C2CCN(C(=O)COc3ccccc3)CC2)C1. The van der Waals surface area contributed by atoms with Gasteiger partial charge in [0.25, 0.3) is 5.91 Å². The zero-order valence-corrected chi connectivity index (χ0v) is 21.1. The Bertz CT molecular complexity index is 962. The second kappa shape index (κ2) is 12.2. The van der Waals surface area contributed by atoms with Crippen LogP contribution in [0.4, 0.5) is 0 Å². The highest BCUT2D eigenvalue weighted by Gasteiger charge is 2.28. The van der Waals surface area contributed by atoms with Gasteiger partial charge < -0.3 is 15.0 Å². The number of carbonyl (C=O) groups excluding carboxylic acids is 2. The molecule has 0 aliphatic carbocycles. The summed E-state index contributed by atoms with van der Waals surface area (Å²) >= 11 is 0. The Balaban J connectivity index is 1.22. The first-order valence-corrected chi connectivity index (χ1v) is 13.0. The average molecular weight is 478 g/mol. The number of nitrogens with zero attached hydrogens (tertiary/aromatic N) is 2. The smallest absolute Gasteiger partial charge is 0.260 e. The number of hydrogen-bond acceptors (Lipinski definition) is 4. The van der Waals surface area contributed by atoms with Crippen LogP contribution in [0.5, 0.6) is 5.75 Å². The standard InChI is InChI=1S/C29H39N3O3/c1-22-16-23(2)19-31(18-22)20-26-9-7-6-8-25(26)17-30-29(34)24-12-14-32(15-13-24)28(33)21-35-27-10-4-3-5-11-27/h3-11,22-24H,12-21H2,1-2H3,(H,30,34)/t22-,23-/m1/s1. The maximum Gasteiger partial charge on any atom is 0.260 e. The highest BCUT2D eigenvalue weighted by atomic mass is 16.5. The number of ether oxygens (including phenoxy) is 1. The molecule has 2 fully saturated rings. The van der Waals surface area contributed by atoms with Gasteiger partial charge in [-0.05, 0) is 54.4 Å². The molecule has 2 atom stereocenters. The van der Waals surface area contributed by atoms with Gasteiger partial charge in [0, 0.05) is 45.2 Å². The molecule has 0 radical (unpaired) electrons. The van der Waals surface area contributed by atoms with Crippen LogP contribution in [0.2, 0.25) is 0 Å². The summed E-state index contributed by atoms with van der Waals surface area (Å²) in [4.78, 5) is 29.8. The van der Waals surface area contributed by atoms with Gasteiger partial charge in [0.2, 0.25) is 5.91 Å². The predicted octanol–water partition coefficient (Wildman–Crippen LogP) is 4.10. The summed E-state index contributed by atoms with van der Waals surface area (Å²) in [5, 5.41) is 3.17. The molecule has 2 aliphatic heterocycles. The number of para-hydroxylation sites is 1. The van der Waals surface area contributed by atoms with Crippen LogP contribution in [0, 0.1) is 17.8 Å². The molecule has 0 saturated carbocycles. The molecule has 4 rings (SSSR count). The molecule has 0 bridgehead atoms. The van der Waals surface area contributed by atoms with E-state index in [4.69, 9.17) is 4.74 Å². The van der Waals surface area contributed by atoms with E-state index in [0.29, 0.717) is 38.2 Å². The number of nitrogens with one attached hydrogen (secondary N) is 1. The molecule has 2 heterocycles. The third-order valence-corrected chi connectivity index (χ3v) is 7.23. The summed E-state index contributed by atoms with van der Waals surface area (Å²) in [5.41, 5.74) is 2.49. The van der Waals surface area contributed by atoms with Gasteiger partial charge >= 0.3 is 0 Å². The van der Waals surface area contributed by atoms with Crippen LogP contribution in [0.15, 0.2) is 54.6 Å². The Kier molecular flexibility index (Phi) is 8.80. The molecule has 2 aromatic rings. The molecule has 35 heavy (non-hydrogen) atoms. The summed E-state index contributed by atoms with van der Waals surface area (Å²) in [6, 6.07) is 17.8. The molecular formula is C29H39N3O3. The van der Waals surface area contributed by atoms with Gasteiger partial charge in [-0.25, -0.2) is 0 Å². The third kappa shape index (κ3) is 7.31. The van der Waals surface area contributed by atoms with Gasteiger partial charge in [-0.15, -0.1) is 0 Å². The number of piperidine rings is 2. The zero-order valence-electron chi connectivity index (χ0n) is 21.1. The van der Waals surface area contributed by atoms with Gasteiger partial charge in [-0.3, -0.25) is 14.5 Å². The number of hydrogen-bond donors (Lipinski definition) is 1. The van der Waals surface area contributed by atoms with E-state index in [9.17, 15) is 9.59 Å². The van der Waals surface area contributed by atoms with E-state index in [-0.39, 0.29) is 24.3 Å². The van der Waals surface area contributed by atoms with Crippen LogP contribution >= 0.6 is 0 Å². The fourth-order valence-corrected chi connectivity index (χ4v) is 5.52. The minimum Gasteiger partial charge on any atom is -0.484 e. The van der Waals surface area contributed by atoms with Gasteiger partial charge in [-0.1, -0.05) is 56.3 Å². The van der Waals surface area contributed by atoms with Crippen molar-refractivity contribution in [2.45, 2.75) is 46.2 Å². The van der Waals surface area contributed by atoms with E-state index in [1.165, 1.54) is 17.5 Å². The van der Waals surface area contributed by atoms with Gasteiger partial charge in [0.1, 0.15) is 5.75 Å². The molecule has 1 N–H and O–H groups in total. The topological polar surface area (TPSA) is 61.9 Å². The Morgan fingerprint density at radius 3 is 2.23 bits per heavy atom. The Hall–Kier alpha value is -2.86. The largest absolute Gasteiger partial charge is 0.484 e. The molecule has 0 spiro atoms. The first kappa shape index (κ1) is 25.2. The molecule has 2 aromatic carbocycles. The van der Waals surface area contributed by atoms with Gasteiger partial charge in [0.15, 0.2) is 6.61 Å². The summed E-state index contributed by atoms with van der Waals surface area (Å²) in [6.45, 7) is 9.66. The molecule has 2 saturated heterocycles. The van der Waals surface area contributed by atoms with Crippen LogP contribution in [0.1, 0.15) is 44.2 Å². The van der Waals surface area contributed by atoms with Crippen molar-refractivity contribution in [1.29, 1.82) is 0 Å². The van der Waals surface area contributed by atoms with Crippen molar-refractivity contribution < 1.29 is 14.3 Å². The van der Waals surface area contributed by atoms with E-state index in [1.54, 1.807) is 0 Å². The van der Waals surface area contributed by atoms with Crippen molar-refractivity contribution >= 4 is 11.8 Å². The first-order valence-electron chi connectivity index (χ1n) is 13.0. The molecule has 188 valence electrons. The lowest BCUT2D eigenvalue weighted by atomic mass is 9.91.